The van der Waals surface area contributed by atoms with E-state index in [1.165, 1.54) is 6.08 Å². The van der Waals surface area contributed by atoms with Crippen LogP contribution in [0.3, 0.4) is 0 Å². The van der Waals surface area contributed by atoms with Gasteiger partial charge in [0.15, 0.2) is 6.17 Å². The Labute approximate surface area is 248 Å². The van der Waals surface area contributed by atoms with E-state index in [0.29, 0.717) is 25.7 Å². The molecule has 4 nitrogen and oxygen atoms in total. The molecular formula is C33H38F6N2O2. The summed E-state index contributed by atoms with van der Waals surface area (Å²) < 4.78 is 87.8. The topological polar surface area (TPSA) is 41.6 Å². The van der Waals surface area contributed by atoms with E-state index in [1.807, 2.05) is 67.6 Å². The van der Waals surface area contributed by atoms with Crippen molar-refractivity contribution in [1.29, 1.82) is 0 Å². The number of carbonyl (C=O) groups is 1. The van der Waals surface area contributed by atoms with Crippen LogP contribution in [0.25, 0.3) is 0 Å². The molecule has 43 heavy (non-hydrogen) atoms. The van der Waals surface area contributed by atoms with Crippen molar-refractivity contribution in [1.82, 2.24) is 10.2 Å². The normalized spacial score (nSPS) is 25.2. The van der Waals surface area contributed by atoms with Gasteiger partial charge in [-0.25, -0.2) is 18.0 Å². The summed E-state index contributed by atoms with van der Waals surface area (Å²) in [5.41, 5.74) is -1.02. The fourth-order valence-corrected chi connectivity index (χ4v) is 6.18. The number of ether oxygens (including phenoxy) is 1. The molecule has 0 spiro atoms. The lowest BCUT2D eigenvalue weighted by Gasteiger charge is -2.45. The predicted molar refractivity (Wildman–Crippen MR) is 153 cm³/mol. The second kappa shape index (κ2) is 14.0. The summed E-state index contributed by atoms with van der Waals surface area (Å²) in [6.45, 7) is 3.14. The highest BCUT2D eigenvalue weighted by Gasteiger charge is 2.47. The summed E-state index contributed by atoms with van der Waals surface area (Å²) in [5, 5.41) is 3.30. The lowest BCUT2D eigenvalue weighted by molar-refractivity contribution is -0.101. The van der Waals surface area contributed by atoms with Crippen LogP contribution in [-0.2, 0) is 17.8 Å². The zero-order valence-electron chi connectivity index (χ0n) is 24.3. The van der Waals surface area contributed by atoms with Crippen LogP contribution in [0.1, 0.15) is 50.7 Å². The van der Waals surface area contributed by atoms with Gasteiger partial charge in [0.05, 0.1) is 0 Å². The summed E-state index contributed by atoms with van der Waals surface area (Å²) >= 11 is 0. The minimum absolute atomic E-state index is 0.0528. The van der Waals surface area contributed by atoms with Crippen molar-refractivity contribution in [2.45, 2.75) is 89.5 Å². The molecule has 1 saturated heterocycles. The molecular weight excluding hydrogens is 570 g/mol. The van der Waals surface area contributed by atoms with Gasteiger partial charge < -0.3 is 15.0 Å². The zero-order valence-corrected chi connectivity index (χ0v) is 24.3. The molecule has 5 atom stereocenters. The predicted octanol–water partition coefficient (Wildman–Crippen LogP) is 8.20. The molecule has 0 saturated carbocycles. The standard InChI is InChI=1S/C33H38F6N2O2/c1-3-27-16-26(40-20-24-14-25(33(37,38)39)19-32(2,18-24)29(34)30(35)36)17-28(15-22-10-6-4-7-11-22)41(27)31(42)43-21-23-12-8-5-9-13-23/h4-14,18,26-30,40H,3,15-17,19-21H2,1-2H3. The van der Waals surface area contributed by atoms with Crippen LogP contribution < -0.4 is 5.32 Å². The van der Waals surface area contributed by atoms with Crippen molar-refractivity contribution < 1.29 is 35.9 Å². The molecule has 0 radical (unpaired) electrons. The van der Waals surface area contributed by atoms with Crippen molar-refractivity contribution in [3.8, 4) is 0 Å². The Kier molecular flexibility index (Phi) is 10.6. The molecule has 10 heteroatoms. The summed E-state index contributed by atoms with van der Waals surface area (Å²) in [6, 6.07) is 18.4. The van der Waals surface area contributed by atoms with E-state index < -0.39 is 42.3 Å². The van der Waals surface area contributed by atoms with Gasteiger partial charge in [-0.1, -0.05) is 80.6 Å². The average Bonchev–Trinajstić information content (AvgIpc) is 2.98. The molecule has 0 aromatic heterocycles. The summed E-state index contributed by atoms with van der Waals surface area (Å²) in [4.78, 5) is 15.2. The number of rotatable bonds is 10. The number of alkyl halides is 6. The molecule has 1 N–H and O–H groups in total. The number of amides is 1. The largest absolute Gasteiger partial charge is 0.445 e. The van der Waals surface area contributed by atoms with Crippen LogP contribution in [0, 0.1) is 5.41 Å². The number of likely N-dealkylation sites (tertiary alicyclic amines) is 1. The fourth-order valence-electron chi connectivity index (χ4n) is 6.18. The molecule has 1 aliphatic heterocycles. The second-order valence-corrected chi connectivity index (χ2v) is 11.7. The van der Waals surface area contributed by atoms with E-state index in [0.717, 1.165) is 24.1 Å². The van der Waals surface area contributed by atoms with Crippen molar-refractivity contribution in [2.75, 3.05) is 6.54 Å². The number of nitrogens with one attached hydrogen (secondary N) is 1. The quantitative estimate of drug-likeness (QED) is 0.277. The van der Waals surface area contributed by atoms with Crippen LogP contribution >= 0.6 is 0 Å². The van der Waals surface area contributed by atoms with Gasteiger partial charge in [-0.3, -0.25) is 0 Å². The molecule has 1 fully saturated rings. The van der Waals surface area contributed by atoms with Crippen molar-refractivity contribution in [3.63, 3.8) is 0 Å². The Morgan fingerprint density at radius 1 is 1.00 bits per heavy atom. The Hall–Kier alpha value is -3.27. The molecule has 5 unspecified atom stereocenters. The molecule has 1 heterocycles. The second-order valence-electron chi connectivity index (χ2n) is 11.7. The molecule has 4 rings (SSSR count). The third kappa shape index (κ3) is 8.43. The lowest BCUT2D eigenvalue weighted by Crippen LogP contribution is -2.57. The minimum Gasteiger partial charge on any atom is -0.445 e. The highest BCUT2D eigenvalue weighted by molar-refractivity contribution is 5.69. The molecule has 2 aromatic rings. The third-order valence-corrected chi connectivity index (χ3v) is 8.36. The minimum atomic E-state index is -4.76. The van der Waals surface area contributed by atoms with Crippen LogP contribution in [0.2, 0.25) is 0 Å². The van der Waals surface area contributed by atoms with E-state index in [1.54, 1.807) is 4.90 Å². The smallest absolute Gasteiger partial charge is 0.412 e. The van der Waals surface area contributed by atoms with Crippen molar-refractivity contribution >= 4 is 6.09 Å². The van der Waals surface area contributed by atoms with E-state index >= 15 is 0 Å². The SMILES string of the molecule is CCC1CC(NCC2=CC(C)(C(F)C(F)F)CC(C(F)(F)F)=C2)CC(Cc2ccccc2)N1C(=O)OCc1ccccc1. The highest BCUT2D eigenvalue weighted by Crippen LogP contribution is 2.45. The number of nitrogens with zero attached hydrogens (tertiary/aromatic N) is 1. The van der Waals surface area contributed by atoms with Gasteiger partial charge >= 0.3 is 12.3 Å². The van der Waals surface area contributed by atoms with Crippen LogP contribution in [-0.4, -0.2) is 54.4 Å². The highest BCUT2D eigenvalue weighted by atomic mass is 19.4. The van der Waals surface area contributed by atoms with Crippen LogP contribution in [0.4, 0.5) is 31.1 Å². The molecule has 234 valence electrons. The number of halogens is 6. The van der Waals surface area contributed by atoms with Crippen molar-refractivity contribution in [2.24, 2.45) is 5.41 Å². The van der Waals surface area contributed by atoms with Gasteiger partial charge in [-0.15, -0.1) is 0 Å². The van der Waals surface area contributed by atoms with E-state index in [4.69, 9.17) is 4.74 Å². The Bertz CT molecular complexity index is 1270. The zero-order chi connectivity index (χ0) is 31.2. The first-order valence-electron chi connectivity index (χ1n) is 14.6. The van der Waals surface area contributed by atoms with Crippen molar-refractivity contribution in [3.05, 3.63) is 95.1 Å². The van der Waals surface area contributed by atoms with Gasteiger partial charge in [-0.05, 0) is 54.9 Å². The van der Waals surface area contributed by atoms with Gasteiger partial charge in [0.1, 0.15) is 6.61 Å². The van der Waals surface area contributed by atoms with Gasteiger partial charge in [0, 0.05) is 35.7 Å². The molecule has 1 amide bonds. The number of benzene rings is 2. The van der Waals surface area contributed by atoms with E-state index in [9.17, 15) is 31.1 Å². The first-order chi connectivity index (χ1) is 20.4. The van der Waals surface area contributed by atoms with Crippen LogP contribution in [0.5, 0.6) is 0 Å². The summed E-state index contributed by atoms with van der Waals surface area (Å²) in [7, 11) is 0. The number of hydrogen-bond donors (Lipinski definition) is 1. The van der Waals surface area contributed by atoms with Crippen LogP contribution in [0.15, 0.2) is 84.0 Å². The lowest BCUT2D eigenvalue weighted by atomic mass is 9.74. The number of carbonyl (C=O) groups excluding carboxylic acids is 1. The maximum absolute atomic E-state index is 14.5. The molecule has 2 aromatic carbocycles. The average molecular weight is 609 g/mol. The fraction of sp³-hybridized carbons (Fsp3) is 0.485. The van der Waals surface area contributed by atoms with Gasteiger partial charge in [0.25, 0.3) is 6.43 Å². The Balaban J connectivity index is 1.53. The number of allylic oxidation sites excluding steroid dienone is 2. The monoisotopic (exact) mass is 608 g/mol. The maximum atomic E-state index is 14.5. The summed E-state index contributed by atoms with van der Waals surface area (Å²) in [6.07, 6.45) is -7.86. The first-order valence-corrected chi connectivity index (χ1v) is 14.6. The van der Waals surface area contributed by atoms with E-state index in [2.05, 4.69) is 5.32 Å². The van der Waals surface area contributed by atoms with Gasteiger partial charge in [-0.2, -0.15) is 13.2 Å². The molecule has 0 bridgehead atoms. The van der Waals surface area contributed by atoms with E-state index in [-0.39, 0.29) is 36.9 Å². The Morgan fingerprint density at radius 3 is 2.19 bits per heavy atom. The molecule has 2 aliphatic rings. The summed E-state index contributed by atoms with van der Waals surface area (Å²) in [5.74, 6) is 0. The van der Waals surface area contributed by atoms with Gasteiger partial charge in [0.2, 0.25) is 0 Å². The first kappa shape index (κ1) is 32.6. The maximum Gasteiger partial charge on any atom is 0.412 e. The number of hydrogen-bond acceptors (Lipinski definition) is 3. The molecule has 1 aliphatic carbocycles. The third-order valence-electron chi connectivity index (χ3n) is 8.36. The number of piperidine rings is 1. The Morgan fingerprint density at radius 2 is 1.60 bits per heavy atom.